The summed E-state index contributed by atoms with van der Waals surface area (Å²) in [5.74, 6) is -1.53. The van der Waals surface area contributed by atoms with Gasteiger partial charge in [0.25, 0.3) is 0 Å². The topological polar surface area (TPSA) is 83.5 Å². The van der Waals surface area contributed by atoms with Crippen LogP contribution in [0.15, 0.2) is 24.3 Å². The molecular formula is C11H14ClNO4S. The van der Waals surface area contributed by atoms with Crippen LogP contribution in [0.3, 0.4) is 0 Å². The molecule has 0 aliphatic rings. The van der Waals surface area contributed by atoms with Gasteiger partial charge in [-0.25, -0.2) is 13.1 Å². The number of sulfonamides is 1. The van der Waals surface area contributed by atoms with Crippen LogP contribution in [0, 0.1) is 0 Å². The van der Waals surface area contributed by atoms with Gasteiger partial charge >= 0.3 is 5.97 Å². The summed E-state index contributed by atoms with van der Waals surface area (Å²) in [4.78, 5) is 10.3. The molecule has 1 aromatic rings. The summed E-state index contributed by atoms with van der Waals surface area (Å²) < 4.78 is 25.1. The Morgan fingerprint density at radius 2 is 2.11 bits per heavy atom. The standard InChI is InChI=1S/C11H14ClNO4S/c12-10-3-1-2-9(8-10)4-6-13-18(16,17)7-5-11(14)15/h1-3,8,13H,4-7H2,(H,14,15). The lowest BCUT2D eigenvalue weighted by Crippen LogP contribution is -2.29. The smallest absolute Gasteiger partial charge is 0.304 e. The first-order valence-corrected chi connectivity index (χ1v) is 7.36. The Labute approximate surface area is 111 Å². The molecule has 2 N–H and O–H groups in total. The fourth-order valence-corrected chi connectivity index (χ4v) is 2.55. The summed E-state index contributed by atoms with van der Waals surface area (Å²) in [6.45, 7) is 0.224. The highest BCUT2D eigenvalue weighted by molar-refractivity contribution is 7.89. The number of nitrogens with one attached hydrogen (secondary N) is 1. The highest BCUT2D eigenvalue weighted by atomic mass is 35.5. The van der Waals surface area contributed by atoms with Crippen LogP contribution in [-0.4, -0.2) is 31.8 Å². The van der Waals surface area contributed by atoms with Crippen molar-refractivity contribution in [3.05, 3.63) is 34.9 Å². The molecule has 0 aliphatic heterocycles. The van der Waals surface area contributed by atoms with E-state index >= 15 is 0 Å². The zero-order valence-corrected chi connectivity index (χ0v) is 11.2. The lowest BCUT2D eigenvalue weighted by atomic mass is 10.2. The van der Waals surface area contributed by atoms with E-state index in [0.29, 0.717) is 11.4 Å². The number of carbonyl (C=O) groups is 1. The van der Waals surface area contributed by atoms with E-state index in [1.807, 2.05) is 6.07 Å². The van der Waals surface area contributed by atoms with Gasteiger partial charge in [0, 0.05) is 11.6 Å². The average Bonchev–Trinajstić information content (AvgIpc) is 2.26. The first-order valence-electron chi connectivity index (χ1n) is 5.32. The van der Waals surface area contributed by atoms with Crippen molar-refractivity contribution in [3.8, 4) is 0 Å². The Hall–Kier alpha value is -1.11. The zero-order chi connectivity index (χ0) is 13.6. The van der Waals surface area contributed by atoms with E-state index in [4.69, 9.17) is 16.7 Å². The number of hydrogen-bond acceptors (Lipinski definition) is 3. The number of carboxylic acid groups (broad SMARTS) is 1. The number of hydrogen-bond donors (Lipinski definition) is 2. The number of carboxylic acids is 1. The van der Waals surface area contributed by atoms with Crippen LogP contribution < -0.4 is 4.72 Å². The molecule has 0 fully saturated rings. The minimum atomic E-state index is -3.52. The molecule has 5 nitrogen and oxygen atoms in total. The molecule has 0 unspecified atom stereocenters. The fraction of sp³-hybridized carbons (Fsp3) is 0.364. The first kappa shape index (κ1) is 14.9. The second-order valence-corrected chi connectivity index (χ2v) is 6.10. The normalized spacial score (nSPS) is 11.4. The molecule has 0 heterocycles. The monoisotopic (exact) mass is 291 g/mol. The van der Waals surface area contributed by atoms with Crippen molar-refractivity contribution in [2.45, 2.75) is 12.8 Å². The van der Waals surface area contributed by atoms with Gasteiger partial charge in [-0.1, -0.05) is 23.7 Å². The van der Waals surface area contributed by atoms with Gasteiger partial charge in [0.2, 0.25) is 10.0 Å². The third-order valence-electron chi connectivity index (χ3n) is 2.21. The van der Waals surface area contributed by atoms with Crippen molar-refractivity contribution in [1.29, 1.82) is 0 Å². The predicted octanol–water partition coefficient (Wildman–Crippen LogP) is 1.28. The summed E-state index contributed by atoms with van der Waals surface area (Å²) in [5.41, 5.74) is 0.920. The van der Waals surface area contributed by atoms with Crippen molar-refractivity contribution in [3.63, 3.8) is 0 Å². The lowest BCUT2D eigenvalue weighted by molar-refractivity contribution is -0.136. The Kier molecular flexibility index (Phi) is 5.58. The molecule has 0 aliphatic carbocycles. The van der Waals surface area contributed by atoms with E-state index in [9.17, 15) is 13.2 Å². The van der Waals surface area contributed by atoms with E-state index in [1.165, 1.54) is 0 Å². The average molecular weight is 292 g/mol. The maximum atomic E-state index is 11.4. The minimum Gasteiger partial charge on any atom is -0.481 e. The second kappa shape index (κ2) is 6.72. The maximum absolute atomic E-state index is 11.4. The van der Waals surface area contributed by atoms with Crippen molar-refractivity contribution in [2.75, 3.05) is 12.3 Å². The van der Waals surface area contributed by atoms with Crippen molar-refractivity contribution in [1.82, 2.24) is 4.72 Å². The molecule has 0 atom stereocenters. The third-order valence-corrected chi connectivity index (χ3v) is 3.83. The largest absolute Gasteiger partial charge is 0.481 e. The van der Waals surface area contributed by atoms with Crippen LogP contribution in [0.1, 0.15) is 12.0 Å². The molecule has 18 heavy (non-hydrogen) atoms. The van der Waals surface area contributed by atoms with Crippen LogP contribution in [0.4, 0.5) is 0 Å². The van der Waals surface area contributed by atoms with Gasteiger partial charge in [-0.05, 0) is 24.1 Å². The van der Waals surface area contributed by atoms with Gasteiger partial charge in [-0.3, -0.25) is 4.79 Å². The molecule has 0 spiro atoms. The van der Waals surface area contributed by atoms with E-state index < -0.39 is 28.2 Å². The fourth-order valence-electron chi connectivity index (χ4n) is 1.34. The minimum absolute atomic E-state index is 0.224. The van der Waals surface area contributed by atoms with E-state index in [1.54, 1.807) is 18.2 Å². The van der Waals surface area contributed by atoms with E-state index in [0.717, 1.165) is 5.56 Å². The number of halogens is 1. The molecule has 7 heteroatoms. The van der Waals surface area contributed by atoms with Gasteiger partial charge in [0.1, 0.15) is 0 Å². The zero-order valence-electron chi connectivity index (χ0n) is 9.60. The first-order chi connectivity index (χ1) is 8.39. The molecule has 0 saturated carbocycles. The van der Waals surface area contributed by atoms with Gasteiger partial charge in [-0.2, -0.15) is 0 Å². The highest BCUT2D eigenvalue weighted by Crippen LogP contribution is 2.10. The predicted molar refractivity (Wildman–Crippen MR) is 69.2 cm³/mol. The van der Waals surface area contributed by atoms with Crippen LogP contribution in [0.25, 0.3) is 0 Å². The van der Waals surface area contributed by atoms with Crippen LogP contribution in [0.2, 0.25) is 5.02 Å². The van der Waals surface area contributed by atoms with Crippen molar-refractivity contribution >= 4 is 27.6 Å². The Balaban J connectivity index is 2.39. The van der Waals surface area contributed by atoms with Crippen LogP contribution in [-0.2, 0) is 21.2 Å². The summed E-state index contributed by atoms with van der Waals surface area (Å²) in [7, 11) is -3.52. The molecule has 1 aromatic carbocycles. The summed E-state index contributed by atoms with van der Waals surface area (Å²) in [5, 5.41) is 9.00. The molecule has 1 rings (SSSR count). The molecule has 100 valence electrons. The van der Waals surface area contributed by atoms with Crippen LogP contribution in [0.5, 0.6) is 0 Å². The third kappa shape index (κ3) is 6.00. The highest BCUT2D eigenvalue weighted by Gasteiger charge is 2.11. The molecule has 0 radical (unpaired) electrons. The van der Waals surface area contributed by atoms with Crippen molar-refractivity contribution in [2.24, 2.45) is 0 Å². The Bertz CT molecular complexity index is 516. The SMILES string of the molecule is O=C(O)CCS(=O)(=O)NCCc1cccc(Cl)c1. The van der Waals surface area contributed by atoms with Crippen molar-refractivity contribution < 1.29 is 18.3 Å². The van der Waals surface area contributed by atoms with Gasteiger partial charge < -0.3 is 5.11 Å². The summed E-state index contributed by atoms with van der Waals surface area (Å²) >= 11 is 5.79. The quantitative estimate of drug-likeness (QED) is 0.792. The maximum Gasteiger partial charge on any atom is 0.304 e. The molecular weight excluding hydrogens is 278 g/mol. The number of rotatable bonds is 7. The number of aliphatic carboxylic acids is 1. The van der Waals surface area contributed by atoms with Gasteiger partial charge in [0.15, 0.2) is 0 Å². The van der Waals surface area contributed by atoms with Gasteiger partial charge in [-0.15, -0.1) is 0 Å². The molecule has 0 saturated heterocycles. The van der Waals surface area contributed by atoms with E-state index in [2.05, 4.69) is 4.72 Å². The molecule has 0 aromatic heterocycles. The summed E-state index contributed by atoms with van der Waals surface area (Å²) in [6.07, 6.45) is 0.110. The molecule has 0 bridgehead atoms. The number of benzene rings is 1. The second-order valence-electron chi connectivity index (χ2n) is 3.74. The Morgan fingerprint density at radius 3 is 2.72 bits per heavy atom. The van der Waals surface area contributed by atoms with Gasteiger partial charge in [0.05, 0.1) is 12.2 Å². The van der Waals surface area contributed by atoms with E-state index in [-0.39, 0.29) is 6.54 Å². The lowest BCUT2D eigenvalue weighted by Gasteiger charge is -2.05. The molecule has 0 amide bonds. The Morgan fingerprint density at radius 1 is 1.39 bits per heavy atom. The van der Waals surface area contributed by atoms with Crippen LogP contribution >= 0.6 is 11.6 Å². The summed E-state index contributed by atoms with van der Waals surface area (Å²) in [6, 6.07) is 7.13.